The van der Waals surface area contributed by atoms with E-state index in [2.05, 4.69) is 16.8 Å². The van der Waals surface area contributed by atoms with Gasteiger partial charge in [0.2, 0.25) is 11.8 Å². The molecule has 0 aromatic carbocycles. The van der Waals surface area contributed by atoms with Gasteiger partial charge in [-0.05, 0) is 19.8 Å². The van der Waals surface area contributed by atoms with Gasteiger partial charge in [-0.3, -0.25) is 9.69 Å². The number of carbonyl (C=O) groups excluding carboxylic acids is 1. The van der Waals surface area contributed by atoms with E-state index in [1.165, 1.54) is 0 Å². The minimum Gasteiger partial charge on any atom is -0.444 e. The lowest BCUT2D eigenvalue weighted by atomic mass is 9.98. The lowest BCUT2D eigenvalue weighted by Gasteiger charge is -2.36. The van der Waals surface area contributed by atoms with E-state index >= 15 is 0 Å². The van der Waals surface area contributed by atoms with Crippen molar-refractivity contribution in [3.63, 3.8) is 0 Å². The van der Waals surface area contributed by atoms with E-state index in [0.717, 1.165) is 49.9 Å². The Balaban J connectivity index is 1.83. The van der Waals surface area contributed by atoms with Gasteiger partial charge in [0.15, 0.2) is 0 Å². The van der Waals surface area contributed by atoms with Crippen LogP contribution in [0.4, 0.5) is 0 Å². The molecule has 1 saturated heterocycles. The molecule has 1 aromatic rings. The standard InChI is InChI=1S/C16H28N4O2/c1-5-11(2)15(17)16(21)20-8-6-19(7-9-20)10-14-18-12(3)13(4)22-14/h11,15H,5-10,17H2,1-4H3. The SMILES string of the molecule is CCC(C)C(N)C(=O)N1CCN(Cc2nc(C)c(C)o2)CC1. The molecule has 2 rings (SSSR count). The number of hydrogen-bond donors (Lipinski definition) is 1. The van der Waals surface area contributed by atoms with Crippen molar-refractivity contribution in [1.29, 1.82) is 0 Å². The minimum atomic E-state index is -0.381. The molecule has 1 fully saturated rings. The van der Waals surface area contributed by atoms with Crippen molar-refractivity contribution in [2.75, 3.05) is 26.2 Å². The molecule has 2 N–H and O–H groups in total. The van der Waals surface area contributed by atoms with Crippen LogP contribution in [-0.2, 0) is 11.3 Å². The summed E-state index contributed by atoms with van der Waals surface area (Å²) in [5.41, 5.74) is 7.00. The molecule has 1 aliphatic heterocycles. The molecule has 2 unspecified atom stereocenters. The van der Waals surface area contributed by atoms with Crippen molar-refractivity contribution in [3.8, 4) is 0 Å². The summed E-state index contributed by atoms with van der Waals surface area (Å²) in [5.74, 6) is 1.94. The topological polar surface area (TPSA) is 75.6 Å². The van der Waals surface area contributed by atoms with Crippen LogP contribution in [0.3, 0.4) is 0 Å². The van der Waals surface area contributed by atoms with Crippen LogP contribution >= 0.6 is 0 Å². The summed E-state index contributed by atoms with van der Waals surface area (Å²) < 4.78 is 5.62. The van der Waals surface area contributed by atoms with Crippen molar-refractivity contribution in [3.05, 3.63) is 17.3 Å². The first-order valence-corrected chi connectivity index (χ1v) is 8.12. The number of aromatic nitrogens is 1. The zero-order chi connectivity index (χ0) is 16.3. The van der Waals surface area contributed by atoms with E-state index in [4.69, 9.17) is 10.2 Å². The number of rotatable bonds is 5. The van der Waals surface area contributed by atoms with Crippen molar-refractivity contribution >= 4 is 5.91 Å². The third-order valence-electron chi connectivity index (χ3n) is 4.66. The van der Waals surface area contributed by atoms with Gasteiger partial charge >= 0.3 is 0 Å². The average Bonchev–Trinajstić information content (AvgIpc) is 2.83. The second kappa shape index (κ2) is 7.24. The predicted octanol–water partition coefficient (Wildman–Crippen LogP) is 1.31. The van der Waals surface area contributed by atoms with Gasteiger partial charge in [0, 0.05) is 26.2 Å². The second-order valence-corrected chi connectivity index (χ2v) is 6.26. The molecule has 2 atom stereocenters. The Hall–Kier alpha value is -1.40. The fraction of sp³-hybridized carbons (Fsp3) is 0.750. The first-order valence-electron chi connectivity index (χ1n) is 8.12. The van der Waals surface area contributed by atoms with Crippen molar-refractivity contribution < 1.29 is 9.21 Å². The number of nitrogens with zero attached hydrogens (tertiary/aromatic N) is 3. The highest BCUT2D eigenvalue weighted by atomic mass is 16.4. The van der Waals surface area contributed by atoms with Crippen LogP contribution in [0.25, 0.3) is 0 Å². The summed E-state index contributed by atoms with van der Waals surface area (Å²) in [6.45, 7) is 11.8. The molecule has 0 bridgehead atoms. The van der Waals surface area contributed by atoms with E-state index < -0.39 is 0 Å². The van der Waals surface area contributed by atoms with Crippen molar-refractivity contribution in [1.82, 2.24) is 14.8 Å². The van der Waals surface area contributed by atoms with Gasteiger partial charge in [0.25, 0.3) is 0 Å². The zero-order valence-corrected chi connectivity index (χ0v) is 14.1. The van der Waals surface area contributed by atoms with Gasteiger partial charge in [0.05, 0.1) is 18.3 Å². The van der Waals surface area contributed by atoms with Crippen LogP contribution < -0.4 is 5.73 Å². The Kier molecular flexibility index (Phi) is 5.58. The summed E-state index contributed by atoms with van der Waals surface area (Å²) in [6, 6.07) is -0.381. The largest absolute Gasteiger partial charge is 0.444 e. The van der Waals surface area contributed by atoms with Gasteiger partial charge in [0.1, 0.15) is 5.76 Å². The number of oxazole rings is 1. The highest BCUT2D eigenvalue weighted by Gasteiger charge is 2.28. The van der Waals surface area contributed by atoms with E-state index in [9.17, 15) is 4.79 Å². The Morgan fingerprint density at radius 3 is 2.45 bits per heavy atom. The fourth-order valence-electron chi connectivity index (χ4n) is 2.63. The summed E-state index contributed by atoms with van der Waals surface area (Å²) in [5, 5.41) is 0. The summed E-state index contributed by atoms with van der Waals surface area (Å²) >= 11 is 0. The number of amides is 1. The van der Waals surface area contributed by atoms with Crippen LogP contribution in [-0.4, -0.2) is 52.9 Å². The Labute approximate surface area is 132 Å². The second-order valence-electron chi connectivity index (χ2n) is 6.26. The Morgan fingerprint density at radius 1 is 1.32 bits per heavy atom. The maximum Gasteiger partial charge on any atom is 0.239 e. The van der Waals surface area contributed by atoms with Crippen LogP contribution in [0.1, 0.15) is 37.6 Å². The van der Waals surface area contributed by atoms with E-state index in [0.29, 0.717) is 6.54 Å². The van der Waals surface area contributed by atoms with Gasteiger partial charge in [-0.15, -0.1) is 0 Å². The molecule has 22 heavy (non-hydrogen) atoms. The molecular weight excluding hydrogens is 280 g/mol. The van der Waals surface area contributed by atoms with Gasteiger partial charge in [-0.25, -0.2) is 4.98 Å². The molecule has 2 heterocycles. The van der Waals surface area contributed by atoms with E-state index in [-0.39, 0.29) is 17.9 Å². The quantitative estimate of drug-likeness (QED) is 0.887. The minimum absolute atomic E-state index is 0.0804. The molecule has 0 saturated carbocycles. The van der Waals surface area contributed by atoms with Gasteiger partial charge < -0.3 is 15.1 Å². The molecule has 0 radical (unpaired) electrons. The normalized spacial score (nSPS) is 19.2. The highest BCUT2D eigenvalue weighted by Crippen LogP contribution is 2.14. The van der Waals surface area contributed by atoms with Crippen LogP contribution in [0.15, 0.2) is 4.42 Å². The summed E-state index contributed by atoms with van der Waals surface area (Å²) in [7, 11) is 0. The van der Waals surface area contributed by atoms with Crippen LogP contribution in [0.5, 0.6) is 0 Å². The monoisotopic (exact) mass is 308 g/mol. The lowest BCUT2D eigenvalue weighted by Crippen LogP contribution is -2.54. The predicted molar refractivity (Wildman–Crippen MR) is 85.3 cm³/mol. The van der Waals surface area contributed by atoms with Gasteiger partial charge in [-0.2, -0.15) is 0 Å². The molecule has 0 spiro atoms. The Morgan fingerprint density at radius 2 is 1.95 bits per heavy atom. The molecule has 1 aromatic heterocycles. The average molecular weight is 308 g/mol. The van der Waals surface area contributed by atoms with Gasteiger partial charge in [-0.1, -0.05) is 20.3 Å². The molecule has 0 aliphatic carbocycles. The van der Waals surface area contributed by atoms with Crippen LogP contribution in [0.2, 0.25) is 0 Å². The number of hydrogen-bond acceptors (Lipinski definition) is 5. The lowest BCUT2D eigenvalue weighted by molar-refractivity contribution is -0.135. The van der Waals surface area contributed by atoms with E-state index in [1.54, 1.807) is 0 Å². The Bertz CT molecular complexity index is 487. The van der Waals surface area contributed by atoms with Crippen molar-refractivity contribution in [2.24, 2.45) is 11.7 Å². The summed E-state index contributed by atoms with van der Waals surface area (Å²) in [4.78, 5) is 20.9. The zero-order valence-electron chi connectivity index (χ0n) is 14.1. The number of piperazine rings is 1. The molecule has 124 valence electrons. The molecular formula is C16H28N4O2. The third-order valence-corrected chi connectivity index (χ3v) is 4.66. The highest BCUT2D eigenvalue weighted by molar-refractivity contribution is 5.82. The maximum absolute atomic E-state index is 12.4. The third kappa shape index (κ3) is 3.87. The molecule has 6 heteroatoms. The molecule has 1 amide bonds. The number of aryl methyl sites for hydroxylation is 2. The van der Waals surface area contributed by atoms with Crippen LogP contribution in [0, 0.1) is 19.8 Å². The first-order chi connectivity index (χ1) is 10.4. The fourth-order valence-corrected chi connectivity index (χ4v) is 2.63. The maximum atomic E-state index is 12.4. The smallest absolute Gasteiger partial charge is 0.239 e. The van der Waals surface area contributed by atoms with Crippen molar-refractivity contribution in [2.45, 2.75) is 46.7 Å². The molecule has 6 nitrogen and oxygen atoms in total. The number of nitrogens with two attached hydrogens (primary N) is 1. The number of carbonyl (C=O) groups is 1. The molecule has 1 aliphatic rings. The van der Waals surface area contributed by atoms with E-state index in [1.807, 2.05) is 25.7 Å². The summed E-state index contributed by atoms with van der Waals surface area (Å²) in [6.07, 6.45) is 0.926. The first kappa shape index (κ1) is 17.0.